The number of nitrogens with one attached hydrogen (secondary N) is 1. The van der Waals surface area contributed by atoms with Gasteiger partial charge in [-0.05, 0) is 50.4 Å². The zero-order chi connectivity index (χ0) is 13.7. The van der Waals surface area contributed by atoms with Crippen LogP contribution in [0.25, 0.3) is 0 Å². The third-order valence-corrected chi connectivity index (χ3v) is 4.67. The van der Waals surface area contributed by atoms with Gasteiger partial charge in [0.05, 0.1) is 6.10 Å². The summed E-state index contributed by atoms with van der Waals surface area (Å²) in [4.78, 5) is 0. The van der Waals surface area contributed by atoms with E-state index in [1.165, 1.54) is 12.0 Å². The first-order chi connectivity index (χ1) is 9.16. The number of rotatable bonds is 6. The van der Waals surface area contributed by atoms with E-state index in [4.69, 9.17) is 4.74 Å². The maximum Gasteiger partial charge on any atom is 0.0619 e. The number of halogens is 1. The number of ether oxygens (including phenoxy) is 1. The molecule has 1 heterocycles. The molecular formula is C16H24BrNO. The molecule has 1 aliphatic heterocycles. The highest BCUT2D eigenvalue weighted by atomic mass is 79.9. The fraction of sp³-hybridized carbons (Fsp3) is 0.625. The first-order valence-corrected chi connectivity index (χ1v) is 8.02. The van der Waals surface area contributed by atoms with Gasteiger partial charge >= 0.3 is 0 Å². The molecular weight excluding hydrogens is 302 g/mol. The van der Waals surface area contributed by atoms with Crippen LogP contribution >= 0.6 is 15.9 Å². The molecule has 1 aliphatic rings. The molecule has 3 heteroatoms. The molecule has 0 spiro atoms. The molecule has 1 saturated heterocycles. The van der Waals surface area contributed by atoms with Gasteiger partial charge in [0.1, 0.15) is 0 Å². The van der Waals surface area contributed by atoms with Crippen LogP contribution in [0.2, 0.25) is 0 Å². The quantitative estimate of drug-likeness (QED) is 0.803. The molecule has 2 nitrogen and oxygen atoms in total. The minimum Gasteiger partial charge on any atom is -0.378 e. The summed E-state index contributed by atoms with van der Waals surface area (Å²) in [6.07, 6.45) is 3.75. The lowest BCUT2D eigenvalue weighted by molar-refractivity contribution is 0.0631. The summed E-state index contributed by atoms with van der Waals surface area (Å²) in [5.74, 6) is 0. The van der Waals surface area contributed by atoms with Crippen molar-refractivity contribution in [1.82, 2.24) is 5.32 Å². The molecule has 0 saturated carbocycles. The topological polar surface area (TPSA) is 21.3 Å². The molecule has 106 valence electrons. The summed E-state index contributed by atoms with van der Waals surface area (Å²) in [7, 11) is 0. The van der Waals surface area contributed by atoms with Gasteiger partial charge in [0.25, 0.3) is 0 Å². The highest BCUT2D eigenvalue weighted by Crippen LogP contribution is 2.38. The monoisotopic (exact) mass is 325 g/mol. The fourth-order valence-electron chi connectivity index (χ4n) is 2.91. The molecule has 19 heavy (non-hydrogen) atoms. The van der Waals surface area contributed by atoms with Crippen molar-refractivity contribution in [1.29, 1.82) is 0 Å². The van der Waals surface area contributed by atoms with Gasteiger partial charge in [0.2, 0.25) is 0 Å². The SMILES string of the molecule is CCCNCC1(Cc2cccc(Br)c2)CCOC1C. The third kappa shape index (κ3) is 3.80. The van der Waals surface area contributed by atoms with Crippen molar-refractivity contribution < 1.29 is 4.74 Å². The average Bonchev–Trinajstić information content (AvgIpc) is 2.71. The highest BCUT2D eigenvalue weighted by molar-refractivity contribution is 9.10. The van der Waals surface area contributed by atoms with E-state index in [2.05, 4.69) is 59.4 Å². The van der Waals surface area contributed by atoms with Crippen molar-refractivity contribution in [3.8, 4) is 0 Å². The number of hydrogen-bond donors (Lipinski definition) is 1. The molecule has 2 rings (SSSR count). The Bertz CT molecular complexity index is 409. The Morgan fingerprint density at radius 3 is 2.95 bits per heavy atom. The highest BCUT2D eigenvalue weighted by Gasteiger charge is 2.41. The predicted octanol–water partition coefficient (Wildman–Crippen LogP) is 3.79. The molecule has 1 aromatic carbocycles. The van der Waals surface area contributed by atoms with Crippen LogP contribution in [0.3, 0.4) is 0 Å². The normalized spacial score (nSPS) is 26.8. The third-order valence-electron chi connectivity index (χ3n) is 4.18. The minimum atomic E-state index is 0.246. The van der Waals surface area contributed by atoms with Gasteiger partial charge in [-0.25, -0.2) is 0 Å². The molecule has 0 aliphatic carbocycles. The largest absolute Gasteiger partial charge is 0.378 e. The van der Waals surface area contributed by atoms with Crippen LogP contribution in [-0.2, 0) is 11.2 Å². The van der Waals surface area contributed by atoms with Crippen LogP contribution < -0.4 is 5.32 Å². The van der Waals surface area contributed by atoms with Gasteiger partial charge in [0.15, 0.2) is 0 Å². The van der Waals surface area contributed by atoms with Crippen LogP contribution in [0, 0.1) is 5.41 Å². The molecule has 1 N–H and O–H groups in total. The van der Waals surface area contributed by atoms with Gasteiger partial charge in [-0.15, -0.1) is 0 Å². The van der Waals surface area contributed by atoms with Gasteiger partial charge in [-0.2, -0.15) is 0 Å². The van der Waals surface area contributed by atoms with Crippen molar-refractivity contribution in [2.24, 2.45) is 5.41 Å². The number of benzene rings is 1. The Hall–Kier alpha value is -0.380. The summed E-state index contributed by atoms with van der Waals surface area (Å²) in [6.45, 7) is 7.46. The summed E-state index contributed by atoms with van der Waals surface area (Å²) in [5, 5.41) is 3.59. The predicted molar refractivity (Wildman–Crippen MR) is 83.5 cm³/mol. The molecule has 2 unspecified atom stereocenters. The molecule has 0 radical (unpaired) electrons. The van der Waals surface area contributed by atoms with Gasteiger partial charge in [-0.3, -0.25) is 0 Å². The maximum absolute atomic E-state index is 5.85. The van der Waals surface area contributed by atoms with E-state index in [1.54, 1.807) is 0 Å². The van der Waals surface area contributed by atoms with Crippen molar-refractivity contribution >= 4 is 15.9 Å². The van der Waals surface area contributed by atoms with E-state index in [1.807, 2.05) is 0 Å². The Kier molecular flexibility index (Phi) is 5.43. The van der Waals surface area contributed by atoms with Gasteiger partial charge < -0.3 is 10.1 Å². The molecule has 0 aromatic heterocycles. The Morgan fingerprint density at radius 1 is 1.47 bits per heavy atom. The standard InChI is InChI=1S/C16H24BrNO/c1-3-8-18-12-16(7-9-19-13(16)2)11-14-5-4-6-15(17)10-14/h4-6,10,13,18H,3,7-9,11-12H2,1-2H3. The van der Waals surface area contributed by atoms with Crippen molar-refractivity contribution in [3.05, 3.63) is 34.3 Å². The average molecular weight is 326 g/mol. The smallest absolute Gasteiger partial charge is 0.0619 e. The lowest BCUT2D eigenvalue weighted by atomic mass is 9.76. The first-order valence-electron chi connectivity index (χ1n) is 7.23. The summed E-state index contributed by atoms with van der Waals surface area (Å²) in [5.41, 5.74) is 1.64. The maximum atomic E-state index is 5.85. The van der Waals surface area contributed by atoms with E-state index in [0.29, 0.717) is 6.10 Å². The van der Waals surface area contributed by atoms with Crippen molar-refractivity contribution in [2.75, 3.05) is 19.7 Å². The van der Waals surface area contributed by atoms with E-state index < -0.39 is 0 Å². The number of hydrogen-bond acceptors (Lipinski definition) is 2. The minimum absolute atomic E-state index is 0.246. The lowest BCUT2D eigenvalue weighted by Crippen LogP contribution is -2.41. The fourth-order valence-corrected chi connectivity index (χ4v) is 3.36. The van der Waals surface area contributed by atoms with E-state index >= 15 is 0 Å². The molecule has 0 bridgehead atoms. The Morgan fingerprint density at radius 2 is 2.32 bits per heavy atom. The zero-order valence-electron chi connectivity index (χ0n) is 11.9. The summed E-state index contributed by atoms with van der Waals surface area (Å²) >= 11 is 3.56. The van der Waals surface area contributed by atoms with E-state index in [-0.39, 0.29) is 5.41 Å². The molecule has 1 aromatic rings. The van der Waals surface area contributed by atoms with Crippen molar-refractivity contribution in [3.63, 3.8) is 0 Å². The second-order valence-electron chi connectivity index (χ2n) is 5.61. The molecule has 0 amide bonds. The Labute approximate surface area is 125 Å². The molecule has 1 fully saturated rings. The zero-order valence-corrected chi connectivity index (χ0v) is 13.5. The van der Waals surface area contributed by atoms with Gasteiger partial charge in [0, 0.05) is 23.0 Å². The van der Waals surface area contributed by atoms with Crippen molar-refractivity contribution in [2.45, 2.75) is 39.2 Å². The van der Waals surface area contributed by atoms with Crippen LogP contribution in [-0.4, -0.2) is 25.8 Å². The van der Waals surface area contributed by atoms with Crippen LogP contribution in [0.15, 0.2) is 28.7 Å². The van der Waals surface area contributed by atoms with Gasteiger partial charge in [-0.1, -0.05) is 35.0 Å². The van der Waals surface area contributed by atoms with Crippen LogP contribution in [0.5, 0.6) is 0 Å². The second kappa shape index (κ2) is 6.87. The molecule has 2 atom stereocenters. The van der Waals surface area contributed by atoms with E-state index in [0.717, 1.165) is 37.0 Å². The van der Waals surface area contributed by atoms with E-state index in [9.17, 15) is 0 Å². The second-order valence-corrected chi connectivity index (χ2v) is 6.52. The van der Waals surface area contributed by atoms with Crippen LogP contribution in [0.4, 0.5) is 0 Å². The Balaban J connectivity index is 2.09. The summed E-state index contributed by atoms with van der Waals surface area (Å²) < 4.78 is 7.01. The first kappa shape index (κ1) is 15.0. The lowest BCUT2D eigenvalue weighted by Gasteiger charge is -2.33. The van der Waals surface area contributed by atoms with Crippen LogP contribution in [0.1, 0.15) is 32.3 Å². The summed E-state index contributed by atoms with van der Waals surface area (Å²) in [6, 6.07) is 8.65.